The minimum atomic E-state index is -2.69. The highest BCUT2D eigenvalue weighted by atomic mass is 16.3. The molecule has 2 aromatic carbocycles. The second-order valence-corrected chi connectivity index (χ2v) is 11.9. The lowest BCUT2D eigenvalue weighted by Gasteiger charge is -2.50. The van der Waals surface area contributed by atoms with E-state index >= 15 is 0 Å². The third-order valence-electron chi connectivity index (χ3n) is 8.84. The third kappa shape index (κ3) is 4.62. The van der Waals surface area contributed by atoms with Gasteiger partial charge in [0.15, 0.2) is 11.4 Å². The van der Waals surface area contributed by atoms with Gasteiger partial charge in [-0.2, -0.15) is 0 Å². The maximum atomic E-state index is 14.1. The monoisotopic (exact) mass is 592 g/mol. The van der Waals surface area contributed by atoms with Crippen molar-refractivity contribution in [2.75, 3.05) is 33.1 Å². The summed E-state index contributed by atoms with van der Waals surface area (Å²) in [5.74, 6) is -6.64. The largest absolute Gasteiger partial charge is 0.510 e. The van der Waals surface area contributed by atoms with E-state index in [1.807, 2.05) is 19.0 Å². The van der Waals surface area contributed by atoms with Crippen LogP contribution < -0.4 is 16.0 Å². The lowest BCUT2D eigenvalue weighted by molar-refractivity contribution is -0.148. The molecule has 43 heavy (non-hydrogen) atoms. The molecule has 3 aliphatic carbocycles. The third-order valence-corrected chi connectivity index (χ3v) is 8.84. The Morgan fingerprint density at radius 1 is 1.05 bits per heavy atom. The van der Waals surface area contributed by atoms with Crippen molar-refractivity contribution in [3.8, 4) is 11.5 Å². The van der Waals surface area contributed by atoms with Crippen molar-refractivity contribution in [3.63, 3.8) is 0 Å². The minimum absolute atomic E-state index is 0.0231. The summed E-state index contributed by atoms with van der Waals surface area (Å²) < 4.78 is 0. The smallest absolute Gasteiger partial charge is 0.255 e. The molecule has 2 aromatic rings. The Kier molecular flexibility index (Phi) is 7.49. The van der Waals surface area contributed by atoms with Crippen LogP contribution in [0.1, 0.15) is 33.5 Å². The number of fused-ring (bicyclic) bond motifs is 3. The van der Waals surface area contributed by atoms with E-state index < -0.39 is 58.0 Å². The molecule has 1 amide bonds. The van der Waals surface area contributed by atoms with Gasteiger partial charge in [-0.05, 0) is 62.2 Å². The number of amides is 1. The molecule has 0 heterocycles. The molecule has 0 saturated carbocycles. The Morgan fingerprint density at radius 3 is 2.28 bits per heavy atom. The number of hydrogen-bond acceptors (Lipinski definition) is 11. The summed E-state index contributed by atoms with van der Waals surface area (Å²) >= 11 is 0. The molecule has 0 spiro atoms. The first-order valence-electron chi connectivity index (χ1n) is 13.9. The van der Waals surface area contributed by atoms with Crippen LogP contribution in [0.5, 0.6) is 11.5 Å². The molecule has 12 heteroatoms. The number of ketones is 2. The highest BCUT2D eigenvalue weighted by molar-refractivity contribution is 6.25. The number of carbonyl (C=O) groups is 3. The fourth-order valence-electron chi connectivity index (χ4n) is 6.84. The molecular formula is C31H36N4O8. The van der Waals surface area contributed by atoms with E-state index in [1.165, 1.54) is 4.90 Å². The fourth-order valence-corrected chi connectivity index (χ4v) is 6.84. The van der Waals surface area contributed by atoms with Crippen LogP contribution in [0.2, 0.25) is 0 Å². The molecule has 0 radical (unpaired) electrons. The first-order valence-corrected chi connectivity index (χ1v) is 13.9. The van der Waals surface area contributed by atoms with Crippen LogP contribution >= 0.6 is 0 Å². The number of rotatable bonds is 7. The van der Waals surface area contributed by atoms with Crippen molar-refractivity contribution in [3.05, 3.63) is 75.3 Å². The van der Waals surface area contributed by atoms with Crippen LogP contribution in [0.4, 0.5) is 5.69 Å². The highest BCUT2D eigenvalue weighted by Crippen LogP contribution is 2.53. The number of phenolic OH excluding ortho intramolecular Hbond substituents is 2. The van der Waals surface area contributed by atoms with E-state index in [1.54, 1.807) is 44.4 Å². The van der Waals surface area contributed by atoms with Gasteiger partial charge in [0.2, 0.25) is 5.78 Å². The quantitative estimate of drug-likeness (QED) is 0.228. The van der Waals surface area contributed by atoms with Crippen LogP contribution in [0, 0.1) is 11.8 Å². The summed E-state index contributed by atoms with van der Waals surface area (Å²) in [6.45, 7) is 0.603. The Morgan fingerprint density at radius 2 is 1.70 bits per heavy atom. The first-order chi connectivity index (χ1) is 20.2. The van der Waals surface area contributed by atoms with Gasteiger partial charge >= 0.3 is 0 Å². The Labute approximate surface area is 248 Å². The molecule has 8 N–H and O–H groups in total. The Bertz CT molecular complexity index is 1590. The van der Waals surface area contributed by atoms with Gasteiger partial charge in [0.05, 0.1) is 11.6 Å². The number of nitrogens with zero attached hydrogens (tertiary/aromatic N) is 2. The molecule has 3 aliphatic rings. The van der Waals surface area contributed by atoms with Gasteiger partial charge in [0.1, 0.15) is 28.6 Å². The van der Waals surface area contributed by atoms with Gasteiger partial charge in [0, 0.05) is 49.9 Å². The molecule has 0 bridgehead atoms. The average molecular weight is 593 g/mol. The maximum absolute atomic E-state index is 14.1. The molecule has 0 unspecified atom stereocenters. The molecule has 0 aromatic heterocycles. The number of primary amides is 1. The predicted molar refractivity (Wildman–Crippen MR) is 157 cm³/mol. The summed E-state index contributed by atoms with van der Waals surface area (Å²) in [4.78, 5) is 43.1. The maximum Gasteiger partial charge on any atom is 0.255 e. The molecular weight excluding hydrogens is 556 g/mol. The van der Waals surface area contributed by atoms with E-state index in [-0.39, 0.29) is 42.0 Å². The van der Waals surface area contributed by atoms with Crippen LogP contribution in [0.3, 0.4) is 0 Å². The topological polar surface area (TPSA) is 197 Å². The number of aromatic hydroxyl groups is 2. The van der Waals surface area contributed by atoms with E-state index in [0.29, 0.717) is 23.4 Å². The van der Waals surface area contributed by atoms with Gasteiger partial charge in [-0.3, -0.25) is 19.3 Å². The van der Waals surface area contributed by atoms with Crippen molar-refractivity contribution in [1.29, 1.82) is 0 Å². The number of carbonyl (C=O) groups excluding carboxylic acids is 3. The second kappa shape index (κ2) is 10.7. The normalized spacial score (nSPS) is 25.0. The molecule has 12 nitrogen and oxygen atoms in total. The number of nitrogens with two attached hydrogens (primary N) is 1. The van der Waals surface area contributed by atoms with Crippen LogP contribution in [-0.4, -0.2) is 87.7 Å². The van der Waals surface area contributed by atoms with E-state index in [9.17, 15) is 39.9 Å². The van der Waals surface area contributed by atoms with E-state index in [0.717, 1.165) is 5.56 Å². The number of aliphatic hydroxyl groups is 3. The average Bonchev–Trinajstić information content (AvgIpc) is 2.92. The van der Waals surface area contributed by atoms with Gasteiger partial charge in [-0.15, -0.1) is 0 Å². The fraction of sp³-hybridized carbons (Fsp3) is 0.387. The standard InChI is InChI=1S/C31H36N4O8/c1-34(2)20-11-16(13-33-12-14-5-7-17(36)8-6-14)25(37)22-18(20)9-15-10-19-24(35(3)4)27(39)23(30(32)42)29(41)31(19,43)28(40)21(15)26(22)38/h5-8,11,15,19,24,33,36-37,39-40,43H,9-10,12-13H2,1-4H3,(H2,32,42)/t15-,19-,24-,31-/m0/s1. The number of phenols is 2. The number of hydrogen-bond donors (Lipinski definition) is 7. The zero-order chi connectivity index (χ0) is 31.5. The molecule has 228 valence electrons. The van der Waals surface area contributed by atoms with Crippen molar-refractivity contribution in [1.82, 2.24) is 10.2 Å². The van der Waals surface area contributed by atoms with Gasteiger partial charge in [-0.1, -0.05) is 12.1 Å². The summed E-state index contributed by atoms with van der Waals surface area (Å²) in [6.07, 6.45) is 0.228. The van der Waals surface area contributed by atoms with Crippen LogP contribution in [0.15, 0.2) is 53.0 Å². The van der Waals surface area contributed by atoms with Crippen molar-refractivity contribution < 1.29 is 39.9 Å². The zero-order valence-electron chi connectivity index (χ0n) is 24.4. The molecule has 5 rings (SSSR count). The van der Waals surface area contributed by atoms with E-state index in [2.05, 4.69) is 5.32 Å². The molecule has 0 saturated heterocycles. The highest BCUT2D eigenvalue weighted by Gasteiger charge is 2.63. The zero-order valence-corrected chi connectivity index (χ0v) is 24.4. The Balaban J connectivity index is 1.59. The molecule has 4 atom stereocenters. The lowest BCUT2D eigenvalue weighted by atomic mass is 9.58. The number of Topliss-reactive ketones (excluding diaryl/α,β-unsaturated/α-hetero) is 2. The van der Waals surface area contributed by atoms with Gasteiger partial charge in [0.25, 0.3) is 5.91 Å². The summed E-state index contributed by atoms with van der Waals surface area (Å²) in [7, 11) is 6.80. The summed E-state index contributed by atoms with van der Waals surface area (Å²) in [5, 5.41) is 58.4. The lowest BCUT2D eigenvalue weighted by Crippen LogP contribution is -2.63. The van der Waals surface area contributed by atoms with Gasteiger partial charge in [-0.25, -0.2) is 0 Å². The number of aliphatic hydroxyl groups excluding tert-OH is 2. The van der Waals surface area contributed by atoms with Crippen LogP contribution in [0.25, 0.3) is 0 Å². The van der Waals surface area contributed by atoms with Crippen molar-refractivity contribution in [2.45, 2.75) is 37.6 Å². The summed E-state index contributed by atoms with van der Waals surface area (Å²) in [5.41, 5.74) is 4.20. The van der Waals surface area contributed by atoms with Crippen LogP contribution in [-0.2, 0) is 29.1 Å². The number of likely N-dealkylation sites (N-methyl/N-ethyl adjacent to an activating group) is 1. The number of benzene rings is 2. The number of anilines is 1. The second-order valence-electron chi connectivity index (χ2n) is 11.9. The van der Waals surface area contributed by atoms with E-state index in [4.69, 9.17) is 5.73 Å². The predicted octanol–water partition coefficient (Wildman–Crippen LogP) is 1.18. The van der Waals surface area contributed by atoms with Crippen molar-refractivity contribution >= 4 is 23.2 Å². The van der Waals surface area contributed by atoms with Gasteiger partial charge < -0.3 is 41.5 Å². The number of nitrogens with one attached hydrogen (secondary N) is 1. The summed E-state index contributed by atoms with van der Waals surface area (Å²) in [6, 6.07) is 7.39. The number of allylic oxidation sites excluding steroid dienone is 1. The first kappa shape index (κ1) is 30.1. The SMILES string of the molecule is CN(C)c1cc(CNCc2ccc(O)cc2)c(O)c2c1C[C@H]1C[C@H]3[C@H](N(C)C)C(O)=C(C(N)=O)C(=O)[C@@]3(O)C(O)=C1C2=O. The van der Waals surface area contributed by atoms with Crippen molar-refractivity contribution in [2.24, 2.45) is 17.6 Å². The molecule has 0 aliphatic heterocycles. The minimum Gasteiger partial charge on any atom is -0.510 e. The molecule has 0 fully saturated rings. The Hall–Kier alpha value is -4.39.